The zero-order valence-electron chi connectivity index (χ0n) is 10.6. The van der Waals surface area contributed by atoms with E-state index in [0.29, 0.717) is 11.5 Å². The Morgan fingerprint density at radius 1 is 1.11 bits per heavy atom. The third kappa shape index (κ3) is 1.95. The molecule has 1 aromatic carbocycles. The molecular formula is C15H11N3O. The second-order valence-electron chi connectivity index (χ2n) is 4.36. The highest BCUT2D eigenvalue weighted by Crippen LogP contribution is 2.25. The van der Waals surface area contributed by atoms with Gasteiger partial charge in [0, 0.05) is 12.5 Å². The van der Waals surface area contributed by atoms with Crippen LogP contribution in [0.25, 0.3) is 22.4 Å². The van der Waals surface area contributed by atoms with Gasteiger partial charge in [-0.15, -0.1) is 0 Å². The second kappa shape index (κ2) is 4.21. The quantitative estimate of drug-likeness (QED) is 0.663. The van der Waals surface area contributed by atoms with E-state index in [-0.39, 0.29) is 0 Å². The maximum atomic E-state index is 8.80. The molecule has 92 valence electrons. The fraction of sp³-hybridized carbons (Fsp3) is 0.133. The molecule has 0 spiro atoms. The molecule has 2 aromatic heterocycles. The molecule has 0 aliphatic carbocycles. The summed E-state index contributed by atoms with van der Waals surface area (Å²) < 4.78 is 5.51. The lowest BCUT2D eigenvalue weighted by molar-refractivity contribution is 0.557. The number of rotatable bonds is 1. The van der Waals surface area contributed by atoms with Gasteiger partial charge in [-0.1, -0.05) is 12.1 Å². The minimum Gasteiger partial charge on any atom is -0.439 e. The van der Waals surface area contributed by atoms with Gasteiger partial charge in [-0.25, -0.2) is 9.97 Å². The van der Waals surface area contributed by atoms with Gasteiger partial charge >= 0.3 is 0 Å². The van der Waals surface area contributed by atoms with Crippen molar-refractivity contribution in [1.82, 2.24) is 9.97 Å². The highest BCUT2D eigenvalue weighted by molar-refractivity contribution is 5.80. The zero-order valence-corrected chi connectivity index (χ0v) is 10.6. The third-order valence-electron chi connectivity index (χ3n) is 2.96. The maximum absolute atomic E-state index is 8.80. The lowest BCUT2D eigenvalue weighted by Crippen LogP contribution is -1.88. The van der Waals surface area contributed by atoms with Crippen LogP contribution in [0.15, 0.2) is 34.7 Å². The van der Waals surface area contributed by atoms with Crippen LogP contribution < -0.4 is 0 Å². The Morgan fingerprint density at radius 3 is 2.53 bits per heavy atom. The molecule has 2 heterocycles. The van der Waals surface area contributed by atoms with Gasteiger partial charge in [-0.2, -0.15) is 5.26 Å². The van der Waals surface area contributed by atoms with Gasteiger partial charge in [0.15, 0.2) is 11.5 Å². The lowest BCUT2D eigenvalue weighted by Gasteiger charge is -2.02. The predicted octanol–water partition coefficient (Wildman–Crippen LogP) is 3.38. The number of nitriles is 1. The highest BCUT2D eigenvalue weighted by atomic mass is 16.3. The number of benzene rings is 1. The topological polar surface area (TPSA) is 62.7 Å². The second-order valence-corrected chi connectivity index (χ2v) is 4.36. The molecule has 0 unspecified atom stereocenters. The Labute approximate surface area is 110 Å². The van der Waals surface area contributed by atoms with Crippen LogP contribution in [-0.4, -0.2) is 9.97 Å². The number of aromatic nitrogens is 2. The molecule has 0 fully saturated rings. The van der Waals surface area contributed by atoms with Crippen molar-refractivity contribution in [2.45, 2.75) is 13.8 Å². The maximum Gasteiger partial charge on any atom is 0.192 e. The van der Waals surface area contributed by atoms with Crippen molar-refractivity contribution in [2.75, 3.05) is 0 Å². The van der Waals surface area contributed by atoms with E-state index in [2.05, 4.69) is 16.0 Å². The summed E-state index contributed by atoms with van der Waals surface area (Å²) in [6.45, 7) is 3.72. The number of hydrogen-bond donors (Lipinski definition) is 0. The molecule has 0 saturated carbocycles. The zero-order chi connectivity index (χ0) is 13.4. The van der Waals surface area contributed by atoms with Crippen LogP contribution in [0, 0.1) is 25.2 Å². The van der Waals surface area contributed by atoms with Crippen molar-refractivity contribution in [3.05, 3.63) is 47.5 Å². The number of fused-ring (bicyclic) bond motifs is 1. The van der Waals surface area contributed by atoms with Crippen molar-refractivity contribution < 1.29 is 4.42 Å². The Hall–Kier alpha value is -2.67. The summed E-state index contributed by atoms with van der Waals surface area (Å²) in [6, 6.07) is 11.3. The van der Waals surface area contributed by atoms with Crippen LogP contribution in [0.5, 0.6) is 0 Å². The van der Waals surface area contributed by atoms with E-state index in [4.69, 9.17) is 9.68 Å². The first kappa shape index (κ1) is 11.4. The van der Waals surface area contributed by atoms with Crippen molar-refractivity contribution in [3.8, 4) is 17.3 Å². The Balaban J connectivity index is 2.16. The molecule has 19 heavy (non-hydrogen) atoms. The van der Waals surface area contributed by atoms with E-state index >= 15 is 0 Å². The van der Waals surface area contributed by atoms with Crippen LogP contribution in [0.2, 0.25) is 0 Å². The normalized spacial score (nSPS) is 10.6. The van der Waals surface area contributed by atoms with Crippen molar-refractivity contribution in [3.63, 3.8) is 0 Å². The number of oxazole rings is 1. The molecule has 3 aromatic rings. The van der Waals surface area contributed by atoms with E-state index < -0.39 is 0 Å². The van der Waals surface area contributed by atoms with Crippen LogP contribution in [0.4, 0.5) is 0 Å². The summed E-state index contributed by atoms with van der Waals surface area (Å²) >= 11 is 0. The first-order valence-corrected chi connectivity index (χ1v) is 5.92. The SMILES string of the molecule is Cc1nc2cc(-c3ccc(C#N)cc3)nc(C)c2o1. The van der Waals surface area contributed by atoms with Gasteiger partial charge in [-0.05, 0) is 25.1 Å². The van der Waals surface area contributed by atoms with Gasteiger partial charge in [0.25, 0.3) is 0 Å². The fourth-order valence-corrected chi connectivity index (χ4v) is 2.06. The highest BCUT2D eigenvalue weighted by Gasteiger charge is 2.10. The first-order valence-electron chi connectivity index (χ1n) is 5.92. The van der Waals surface area contributed by atoms with E-state index in [1.807, 2.05) is 32.0 Å². The summed E-state index contributed by atoms with van der Waals surface area (Å²) in [5, 5.41) is 8.80. The first-order chi connectivity index (χ1) is 9.17. The average molecular weight is 249 g/mol. The number of aryl methyl sites for hydroxylation is 2. The molecular weight excluding hydrogens is 238 g/mol. The minimum atomic E-state index is 0.636. The Morgan fingerprint density at radius 2 is 1.84 bits per heavy atom. The summed E-state index contributed by atoms with van der Waals surface area (Å²) in [6.07, 6.45) is 0. The lowest BCUT2D eigenvalue weighted by atomic mass is 10.1. The standard InChI is InChI=1S/C15H11N3O/c1-9-15-14(18-10(2)19-15)7-13(17-9)12-5-3-11(8-16)4-6-12/h3-7H,1-2H3. The van der Waals surface area contributed by atoms with Gasteiger partial charge in [0.1, 0.15) is 5.52 Å². The molecule has 0 N–H and O–H groups in total. The van der Waals surface area contributed by atoms with Gasteiger partial charge in [0.2, 0.25) is 0 Å². The van der Waals surface area contributed by atoms with Crippen LogP contribution in [0.3, 0.4) is 0 Å². The third-order valence-corrected chi connectivity index (χ3v) is 2.96. The van der Waals surface area contributed by atoms with Crippen LogP contribution in [-0.2, 0) is 0 Å². The molecule has 4 heteroatoms. The van der Waals surface area contributed by atoms with Gasteiger partial charge < -0.3 is 4.42 Å². The summed E-state index contributed by atoms with van der Waals surface area (Å²) in [7, 11) is 0. The molecule has 0 bridgehead atoms. The van der Waals surface area contributed by atoms with Crippen LogP contribution in [0.1, 0.15) is 17.1 Å². The van der Waals surface area contributed by atoms with Crippen LogP contribution >= 0.6 is 0 Å². The largest absolute Gasteiger partial charge is 0.439 e. The smallest absolute Gasteiger partial charge is 0.192 e. The molecule has 0 radical (unpaired) electrons. The van der Waals surface area contributed by atoms with Gasteiger partial charge in [-0.3, -0.25) is 0 Å². The fourth-order valence-electron chi connectivity index (χ4n) is 2.06. The van der Waals surface area contributed by atoms with E-state index in [9.17, 15) is 0 Å². The Kier molecular flexibility index (Phi) is 2.53. The van der Waals surface area contributed by atoms with E-state index in [1.165, 1.54) is 0 Å². The summed E-state index contributed by atoms with van der Waals surface area (Å²) in [5.74, 6) is 0.636. The summed E-state index contributed by atoms with van der Waals surface area (Å²) in [4.78, 5) is 8.86. The average Bonchev–Trinajstić information content (AvgIpc) is 2.80. The van der Waals surface area contributed by atoms with E-state index in [1.54, 1.807) is 12.1 Å². The van der Waals surface area contributed by atoms with Crippen molar-refractivity contribution in [2.24, 2.45) is 0 Å². The number of hydrogen-bond acceptors (Lipinski definition) is 4. The molecule has 0 aliphatic heterocycles. The number of pyridine rings is 1. The van der Waals surface area contributed by atoms with Crippen molar-refractivity contribution >= 4 is 11.1 Å². The predicted molar refractivity (Wildman–Crippen MR) is 71.4 cm³/mol. The molecule has 4 nitrogen and oxygen atoms in total. The molecule has 0 amide bonds. The molecule has 0 aliphatic rings. The Bertz CT molecular complexity index is 795. The minimum absolute atomic E-state index is 0.636. The summed E-state index contributed by atoms with van der Waals surface area (Å²) in [5.41, 5.74) is 4.79. The number of nitrogens with zero attached hydrogens (tertiary/aromatic N) is 3. The molecule has 0 atom stereocenters. The van der Waals surface area contributed by atoms with Crippen molar-refractivity contribution in [1.29, 1.82) is 5.26 Å². The van der Waals surface area contributed by atoms with Gasteiger partial charge in [0.05, 0.1) is 23.0 Å². The molecule has 0 saturated heterocycles. The monoisotopic (exact) mass is 249 g/mol. The van der Waals surface area contributed by atoms with E-state index in [0.717, 1.165) is 28.1 Å². The molecule has 3 rings (SSSR count).